The maximum Gasteiger partial charge on any atom is 0.0925 e. The van der Waals surface area contributed by atoms with Crippen LogP contribution in [0.5, 0.6) is 0 Å². The highest BCUT2D eigenvalue weighted by Gasteiger charge is 2.07. The zero-order valence-electron chi connectivity index (χ0n) is 9.06. The van der Waals surface area contributed by atoms with E-state index in [1.165, 1.54) is 0 Å². The summed E-state index contributed by atoms with van der Waals surface area (Å²) in [4.78, 5) is 8.33. The molecule has 0 aliphatic heterocycles. The molecule has 82 valence electrons. The first-order valence-corrected chi connectivity index (χ1v) is 5.31. The van der Waals surface area contributed by atoms with Crippen LogP contribution in [0.15, 0.2) is 61.2 Å². The molecule has 0 atom stereocenters. The fraction of sp³-hybridized carbons (Fsp3) is 0. The summed E-state index contributed by atoms with van der Waals surface area (Å²) in [7, 11) is 0. The van der Waals surface area contributed by atoms with Crippen molar-refractivity contribution in [3.63, 3.8) is 0 Å². The van der Waals surface area contributed by atoms with Gasteiger partial charge in [0.15, 0.2) is 0 Å². The number of pyridine rings is 2. The smallest absolute Gasteiger partial charge is 0.0925 e. The van der Waals surface area contributed by atoms with Gasteiger partial charge in [0.05, 0.1) is 23.3 Å². The number of rotatable bonds is 2. The molecule has 0 unspecified atom stereocenters. The second kappa shape index (κ2) is 4.17. The Morgan fingerprint density at radius 2 is 1.71 bits per heavy atom. The van der Waals surface area contributed by atoms with Gasteiger partial charge in [-0.1, -0.05) is 6.07 Å². The molecule has 4 nitrogen and oxygen atoms in total. The molecule has 3 heterocycles. The molecule has 0 aliphatic carbocycles. The second-order valence-electron chi connectivity index (χ2n) is 3.55. The van der Waals surface area contributed by atoms with Gasteiger partial charge >= 0.3 is 0 Å². The molecular weight excluding hydrogens is 212 g/mol. The van der Waals surface area contributed by atoms with Gasteiger partial charge in [-0.05, 0) is 30.3 Å². The Kier molecular flexibility index (Phi) is 2.38. The van der Waals surface area contributed by atoms with E-state index in [0.717, 1.165) is 17.1 Å². The van der Waals surface area contributed by atoms with E-state index in [1.54, 1.807) is 24.8 Å². The van der Waals surface area contributed by atoms with Crippen LogP contribution in [-0.2, 0) is 0 Å². The van der Waals surface area contributed by atoms with Crippen LogP contribution in [0, 0.1) is 0 Å². The molecule has 0 saturated heterocycles. The quantitative estimate of drug-likeness (QED) is 0.668. The third-order valence-corrected chi connectivity index (χ3v) is 2.48. The van der Waals surface area contributed by atoms with Crippen LogP contribution in [0.25, 0.3) is 17.1 Å². The third-order valence-electron chi connectivity index (χ3n) is 2.48. The lowest BCUT2D eigenvalue weighted by molar-refractivity contribution is 0.881. The highest BCUT2D eigenvalue weighted by Crippen LogP contribution is 2.19. The topological polar surface area (TPSA) is 43.6 Å². The van der Waals surface area contributed by atoms with Gasteiger partial charge in [-0.2, -0.15) is 5.10 Å². The molecule has 3 aromatic rings. The highest BCUT2D eigenvalue weighted by molar-refractivity contribution is 5.56. The number of aromatic nitrogens is 4. The standard InChI is InChI=1S/C13H10N4/c1-2-7-15-12(3-1)13-6-10-16-17(13)11-4-8-14-9-5-11/h1-10H. The average molecular weight is 222 g/mol. The molecule has 3 aromatic heterocycles. The van der Waals surface area contributed by atoms with E-state index in [9.17, 15) is 0 Å². The normalized spacial score (nSPS) is 10.4. The molecule has 0 fully saturated rings. The first-order valence-electron chi connectivity index (χ1n) is 5.31. The monoisotopic (exact) mass is 222 g/mol. The predicted octanol–water partition coefficient (Wildman–Crippen LogP) is 2.33. The Balaban J connectivity index is 2.13. The summed E-state index contributed by atoms with van der Waals surface area (Å²) in [5.74, 6) is 0. The van der Waals surface area contributed by atoms with E-state index in [0.29, 0.717) is 0 Å². The molecule has 0 N–H and O–H groups in total. The SMILES string of the molecule is c1ccc(-c2ccnn2-c2ccncc2)nc1. The van der Waals surface area contributed by atoms with Gasteiger partial charge in [0.25, 0.3) is 0 Å². The van der Waals surface area contributed by atoms with E-state index in [-0.39, 0.29) is 0 Å². The summed E-state index contributed by atoms with van der Waals surface area (Å²) in [5.41, 5.74) is 2.85. The van der Waals surface area contributed by atoms with Gasteiger partial charge in [0.2, 0.25) is 0 Å². The van der Waals surface area contributed by atoms with Gasteiger partial charge in [-0.3, -0.25) is 9.97 Å². The minimum Gasteiger partial charge on any atom is -0.265 e. The maximum absolute atomic E-state index is 4.33. The van der Waals surface area contributed by atoms with Gasteiger partial charge in [0.1, 0.15) is 0 Å². The number of hydrogen-bond donors (Lipinski definition) is 0. The van der Waals surface area contributed by atoms with Crippen LogP contribution in [0.4, 0.5) is 0 Å². The summed E-state index contributed by atoms with van der Waals surface area (Å²) in [6, 6.07) is 11.6. The van der Waals surface area contributed by atoms with Crippen LogP contribution < -0.4 is 0 Å². The molecule has 0 bridgehead atoms. The van der Waals surface area contributed by atoms with Crippen molar-refractivity contribution in [3.05, 3.63) is 61.2 Å². The fourth-order valence-electron chi connectivity index (χ4n) is 1.70. The number of nitrogens with zero attached hydrogens (tertiary/aromatic N) is 4. The second-order valence-corrected chi connectivity index (χ2v) is 3.55. The minimum atomic E-state index is 0.904. The van der Waals surface area contributed by atoms with Crippen molar-refractivity contribution in [3.8, 4) is 17.1 Å². The zero-order valence-corrected chi connectivity index (χ0v) is 9.06. The van der Waals surface area contributed by atoms with Crippen molar-refractivity contribution >= 4 is 0 Å². The van der Waals surface area contributed by atoms with Crippen molar-refractivity contribution in [1.29, 1.82) is 0 Å². The van der Waals surface area contributed by atoms with Crippen molar-refractivity contribution in [1.82, 2.24) is 19.7 Å². The zero-order chi connectivity index (χ0) is 11.5. The summed E-state index contributed by atoms with van der Waals surface area (Å²) in [6.45, 7) is 0. The molecule has 4 heteroatoms. The molecule has 0 saturated carbocycles. The van der Waals surface area contributed by atoms with Crippen molar-refractivity contribution in [2.75, 3.05) is 0 Å². The lowest BCUT2D eigenvalue weighted by atomic mass is 10.2. The minimum absolute atomic E-state index is 0.904. The summed E-state index contributed by atoms with van der Waals surface area (Å²) >= 11 is 0. The Morgan fingerprint density at radius 1 is 0.824 bits per heavy atom. The molecule has 0 radical (unpaired) electrons. The van der Waals surface area contributed by atoms with E-state index < -0.39 is 0 Å². The highest BCUT2D eigenvalue weighted by atomic mass is 15.3. The number of hydrogen-bond acceptors (Lipinski definition) is 3. The van der Waals surface area contributed by atoms with Gasteiger partial charge in [0, 0.05) is 18.6 Å². The van der Waals surface area contributed by atoms with Crippen LogP contribution in [-0.4, -0.2) is 19.7 Å². The van der Waals surface area contributed by atoms with E-state index in [1.807, 2.05) is 41.1 Å². The maximum atomic E-state index is 4.33. The molecular formula is C13H10N4. The Labute approximate surface area is 98.6 Å². The largest absolute Gasteiger partial charge is 0.265 e. The third kappa shape index (κ3) is 1.80. The lowest BCUT2D eigenvalue weighted by Crippen LogP contribution is -1.99. The van der Waals surface area contributed by atoms with Crippen LogP contribution in [0.1, 0.15) is 0 Å². The van der Waals surface area contributed by atoms with Crippen LogP contribution in [0.2, 0.25) is 0 Å². The Morgan fingerprint density at radius 3 is 2.47 bits per heavy atom. The van der Waals surface area contributed by atoms with E-state index in [4.69, 9.17) is 0 Å². The summed E-state index contributed by atoms with van der Waals surface area (Å²) in [5, 5.41) is 4.31. The Hall–Kier alpha value is -2.49. The first-order chi connectivity index (χ1) is 8.45. The fourth-order valence-corrected chi connectivity index (χ4v) is 1.70. The van der Waals surface area contributed by atoms with Crippen molar-refractivity contribution in [2.24, 2.45) is 0 Å². The summed E-state index contributed by atoms with van der Waals surface area (Å²) < 4.78 is 1.85. The lowest BCUT2D eigenvalue weighted by Gasteiger charge is -2.05. The van der Waals surface area contributed by atoms with Gasteiger partial charge in [-0.25, -0.2) is 4.68 Å². The average Bonchev–Trinajstić information content (AvgIpc) is 2.90. The van der Waals surface area contributed by atoms with Crippen molar-refractivity contribution in [2.45, 2.75) is 0 Å². The van der Waals surface area contributed by atoms with Crippen molar-refractivity contribution < 1.29 is 0 Å². The predicted molar refractivity (Wildman–Crippen MR) is 64.6 cm³/mol. The van der Waals surface area contributed by atoms with E-state index in [2.05, 4.69) is 15.1 Å². The Bertz CT molecular complexity index is 548. The molecule has 0 spiro atoms. The van der Waals surface area contributed by atoms with Crippen LogP contribution in [0.3, 0.4) is 0 Å². The van der Waals surface area contributed by atoms with Crippen LogP contribution >= 0.6 is 0 Å². The first kappa shape index (κ1) is 9.72. The molecule has 3 rings (SSSR count). The molecule has 0 amide bonds. The van der Waals surface area contributed by atoms with E-state index >= 15 is 0 Å². The molecule has 0 aromatic carbocycles. The van der Waals surface area contributed by atoms with Gasteiger partial charge < -0.3 is 0 Å². The van der Waals surface area contributed by atoms with Gasteiger partial charge in [-0.15, -0.1) is 0 Å². The molecule has 0 aliphatic rings. The molecule has 17 heavy (non-hydrogen) atoms. The summed E-state index contributed by atoms with van der Waals surface area (Å²) in [6.07, 6.45) is 7.04.